The van der Waals surface area contributed by atoms with Gasteiger partial charge in [0.25, 0.3) is 5.91 Å². The highest BCUT2D eigenvalue weighted by molar-refractivity contribution is 7.89. The number of hydrogen-bond acceptors (Lipinski definition) is 5. The van der Waals surface area contributed by atoms with Gasteiger partial charge >= 0.3 is 0 Å². The minimum atomic E-state index is -3.59. The van der Waals surface area contributed by atoms with Crippen LogP contribution >= 0.6 is 0 Å². The van der Waals surface area contributed by atoms with Crippen LogP contribution in [0.15, 0.2) is 47.4 Å². The first-order chi connectivity index (χ1) is 15.9. The standard InChI is InChI=1S/C24H29N3O5S/c1-2-32-22-9-4-3-8-21(22)24(29)25-17-23(28)26-12-14-27(15-13-26)33(30,31)20-11-10-18-6-5-7-19(18)16-20/h3-4,8-11,16H,2,5-7,12-15,17H2,1H3,(H,25,29). The Hall–Kier alpha value is -2.91. The van der Waals surface area contributed by atoms with Crippen molar-refractivity contribution >= 4 is 21.8 Å². The van der Waals surface area contributed by atoms with Crippen molar-refractivity contribution in [2.75, 3.05) is 39.3 Å². The molecule has 0 spiro atoms. The summed E-state index contributed by atoms with van der Waals surface area (Å²) in [5.41, 5.74) is 2.72. The maximum atomic E-state index is 13.1. The van der Waals surface area contributed by atoms with Gasteiger partial charge in [0.05, 0.1) is 23.6 Å². The zero-order valence-corrected chi connectivity index (χ0v) is 19.6. The molecular formula is C24H29N3O5S. The predicted octanol–water partition coefficient (Wildman–Crippen LogP) is 1.84. The normalized spacial score (nSPS) is 16.3. The number of carbonyl (C=O) groups is 2. The molecule has 0 unspecified atom stereocenters. The smallest absolute Gasteiger partial charge is 0.255 e. The van der Waals surface area contributed by atoms with Crippen LogP contribution in [0.5, 0.6) is 5.75 Å². The molecule has 0 atom stereocenters. The molecule has 0 radical (unpaired) electrons. The highest BCUT2D eigenvalue weighted by Crippen LogP contribution is 2.26. The number of sulfonamides is 1. The molecule has 1 N–H and O–H groups in total. The number of aryl methyl sites for hydroxylation is 2. The van der Waals surface area contributed by atoms with E-state index in [1.54, 1.807) is 41.3 Å². The van der Waals surface area contributed by atoms with Crippen molar-refractivity contribution in [1.82, 2.24) is 14.5 Å². The molecule has 8 nitrogen and oxygen atoms in total. The predicted molar refractivity (Wildman–Crippen MR) is 124 cm³/mol. The van der Waals surface area contributed by atoms with E-state index < -0.39 is 10.0 Å². The third-order valence-electron chi connectivity index (χ3n) is 6.13. The Balaban J connectivity index is 1.31. The molecule has 4 rings (SSSR count). The number of rotatable bonds is 7. The summed E-state index contributed by atoms with van der Waals surface area (Å²) in [5, 5.41) is 2.64. The Morgan fingerprint density at radius 1 is 1.00 bits per heavy atom. The van der Waals surface area contributed by atoms with Gasteiger partial charge < -0.3 is 15.0 Å². The van der Waals surface area contributed by atoms with E-state index in [4.69, 9.17) is 4.74 Å². The Bertz CT molecular complexity index is 1140. The number of benzene rings is 2. The summed E-state index contributed by atoms with van der Waals surface area (Å²) in [6, 6.07) is 12.3. The second-order valence-electron chi connectivity index (χ2n) is 8.18. The van der Waals surface area contributed by atoms with Crippen LogP contribution in [0.1, 0.15) is 34.8 Å². The fourth-order valence-electron chi connectivity index (χ4n) is 4.33. The van der Waals surface area contributed by atoms with Crippen molar-refractivity contribution in [2.45, 2.75) is 31.1 Å². The second kappa shape index (κ2) is 9.93. The third kappa shape index (κ3) is 5.04. The average Bonchev–Trinajstić information content (AvgIpc) is 3.31. The van der Waals surface area contributed by atoms with Gasteiger partial charge in [-0.1, -0.05) is 18.2 Å². The molecule has 9 heteroatoms. The van der Waals surface area contributed by atoms with Crippen LogP contribution in [-0.2, 0) is 27.7 Å². The van der Waals surface area contributed by atoms with Gasteiger partial charge in [-0.2, -0.15) is 4.31 Å². The maximum Gasteiger partial charge on any atom is 0.255 e. The lowest BCUT2D eigenvalue weighted by molar-refractivity contribution is -0.131. The number of carbonyl (C=O) groups excluding carboxylic acids is 2. The topological polar surface area (TPSA) is 96.0 Å². The highest BCUT2D eigenvalue weighted by Gasteiger charge is 2.31. The van der Waals surface area contributed by atoms with E-state index in [1.165, 1.54) is 9.87 Å². The largest absolute Gasteiger partial charge is 0.493 e. The first-order valence-corrected chi connectivity index (χ1v) is 12.7. The van der Waals surface area contributed by atoms with Gasteiger partial charge in [0.1, 0.15) is 5.75 Å². The van der Waals surface area contributed by atoms with Crippen molar-refractivity contribution in [2.24, 2.45) is 0 Å². The molecule has 0 bridgehead atoms. The quantitative estimate of drug-likeness (QED) is 0.665. The van der Waals surface area contributed by atoms with Gasteiger partial charge in [0.15, 0.2) is 0 Å². The molecule has 1 aliphatic carbocycles. The molecule has 2 aromatic rings. The molecule has 176 valence electrons. The zero-order chi connectivity index (χ0) is 23.4. The number of nitrogens with zero attached hydrogens (tertiary/aromatic N) is 2. The molecule has 1 fully saturated rings. The zero-order valence-electron chi connectivity index (χ0n) is 18.7. The second-order valence-corrected chi connectivity index (χ2v) is 10.1. The number of piperazine rings is 1. The lowest BCUT2D eigenvalue weighted by atomic mass is 10.1. The van der Waals surface area contributed by atoms with E-state index in [-0.39, 0.29) is 44.5 Å². The van der Waals surface area contributed by atoms with Gasteiger partial charge in [-0.3, -0.25) is 9.59 Å². The summed E-state index contributed by atoms with van der Waals surface area (Å²) < 4.78 is 33.1. The molecule has 2 aromatic carbocycles. The number of para-hydroxylation sites is 1. The van der Waals surface area contributed by atoms with E-state index in [2.05, 4.69) is 5.32 Å². The highest BCUT2D eigenvalue weighted by atomic mass is 32.2. The van der Waals surface area contributed by atoms with E-state index in [0.29, 0.717) is 22.8 Å². The number of fused-ring (bicyclic) bond motifs is 1. The van der Waals surface area contributed by atoms with Crippen molar-refractivity contribution in [3.05, 3.63) is 59.2 Å². The Morgan fingerprint density at radius 3 is 2.48 bits per heavy atom. The van der Waals surface area contributed by atoms with Crippen LogP contribution in [0.3, 0.4) is 0 Å². The van der Waals surface area contributed by atoms with E-state index in [0.717, 1.165) is 24.8 Å². The minimum Gasteiger partial charge on any atom is -0.493 e. The molecule has 2 aliphatic rings. The average molecular weight is 472 g/mol. The van der Waals surface area contributed by atoms with E-state index in [1.807, 2.05) is 13.0 Å². The van der Waals surface area contributed by atoms with Gasteiger partial charge in [0.2, 0.25) is 15.9 Å². The monoisotopic (exact) mass is 471 g/mol. The third-order valence-corrected chi connectivity index (χ3v) is 8.03. The Labute approximate surface area is 194 Å². The van der Waals surface area contributed by atoms with Crippen molar-refractivity contribution in [3.8, 4) is 5.75 Å². The first-order valence-electron chi connectivity index (χ1n) is 11.3. The van der Waals surface area contributed by atoms with Crippen molar-refractivity contribution in [1.29, 1.82) is 0 Å². The van der Waals surface area contributed by atoms with Gasteiger partial charge in [0, 0.05) is 26.2 Å². The molecule has 1 aliphatic heterocycles. The molecule has 33 heavy (non-hydrogen) atoms. The summed E-state index contributed by atoms with van der Waals surface area (Å²) in [4.78, 5) is 27.0. The summed E-state index contributed by atoms with van der Waals surface area (Å²) in [6.07, 6.45) is 2.99. The minimum absolute atomic E-state index is 0.156. The summed E-state index contributed by atoms with van der Waals surface area (Å²) in [7, 11) is -3.59. The lowest BCUT2D eigenvalue weighted by Crippen LogP contribution is -2.52. The van der Waals surface area contributed by atoms with Crippen molar-refractivity contribution in [3.63, 3.8) is 0 Å². The Kier molecular flexibility index (Phi) is 6.99. The summed E-state index contributed by atoms with van der Waals surface area (Å²) in [6.45, 7) is 3.14. The SMILES string of the molecule is CCOc1ccccc1C(=O)NCC(=O)N1CCN(S(=O)(=O)c2ccc3c(c2)CCC3)CC1. The summed E-state index contributed by atoms with van der Waals surface area (Å²) in [5.74, 6) is -0.160. The van der Waals surface area contributed by atoms with Crippen LogP contribution in [0.25, 0.3) is 0 Å². The van der Waals surface area contributed by atoms with Gasteiger partial charge in [-0.25, -0.2) is 8.42 Å². The number of amides is 2. The molecule has 0 saturated carbocycles. The van der Waals surface area contributed by atoms with Crippen LogP contribution in [-0.4, -0.2) is 68.8 Å². The van der Waals surface area contributed by atoms with Crippen LogP contribution in [0, 0.1) is 0 Å². The van der Waals surface area contributed by atoms with E-state index >= 15 is 0 Å². The molecular weight excluding hydrogens is 442 g/mol. The lowest BCUT2D eigenvalue weighted by Gasteiger charge is -2.34. The number of hydrogen-bond donors (Lipinski definition) is 1. The summed E-state index contributed by atoms with van der Waals surface area (Å²) >= 11 is 0. The fraction of sp³-hybridized carbons (Fsp3) is 0.417. The van der Waals surface area contributed by atoms with Crippen LogP contribution < -0.4 is 10.1 Å². The van der Waals surface area contributed by atoms with Crippen molar-refractivity contribution < 1.29 is 22.7 Å². The van der Waals surface area contributed by atoms with Crippen LogP contribution in [0.4, 0.5) is 0 Å². The maximum absolute atomic E-state index is 13.1. The van der Waals surface area contributed by atoms with E-state index in [9.17, 15) is 18.0 Å². The Morgan fingerprint density at radius 2 is 1.73 bits per heavy atom. The molecule has 0 aromatic heterocycles. The number of nitrogens with one attached hydrogen (secondary N) is 1. The molecule has 1 heterocycles. The number of ether oxygens (including phenoxy) is 1. The fourth-order valence-corrected chi connectivity index (χ4v) is 5.81. The van der Waals surface area contributed by atoms with Gasteiger partial charge in [-0.05, 0) is 61.6 Å². The molecule has 2 amide bonds. The van der Waals surface area contributed by atoms with Crippen LogP contribution in [0.2, 0.25) is 0 Å². The first kappa shape index (κ1) is 23.3. The molecule has 1 saturated heterocycles. The van der Waals surface area contributed by atoms with Gasteiger partial charge in [-0.15, -0.1) is 0 Å².